The predicted molar refractivity (Wildman–Crippen MR) is 92.6 cm³/mol. The minimum atomic E-state index is -0.372. The lowest BCUT2D eigenvalue weighted by Crippen LogP contribution is -2.49. The Morgan fingerprint density at radius 3 is 2.72 bits per heavy atom. The number of likely N-dealkylation sites (tertiary alicyclic amines) is 1. The van der Waals surface area contributed by atoms with E-state index in [1.807, 2.05) is 4.90 Å². The van der Waals surface area contributed by atoms with Crippen LogP contribution in [0.1, 0.15) is 18.5 Å². The lowest BCUT2D eigenvalue weighted by molar-refractivity contribution is -0.141. The van der Waals surface area contributed by atoms with Gasteiger partial charge in [0.2, 0.25) is 5.91 Å². The van der Waals surface area contributed by atoms with E-state index in [-0.39, 0.29) is 23.1 Å². The van der Waals surface area contributed by atoms with Gasteiger partial charge in [0.25, 0.3) is 5.56 Å². The number of carbonyl (C=O) groups is 1. The summed E-state index contributed by atoms with van der Waals surface area (Å²) in [5, 5.41) is 0. The van der Waals surface area contributed by atoms with Crippen molar-refractivity contribution >= 4 is 5.91 Å². The van der Waals surface area contributed by atoms with Gasteiger partial charge in [-0.1, -0.05) is 0 Å². The Bertz CT molecular complexity index is 689. The Kier molecular flexibility index (Phi) is 5.70. The van der Waals surface area contributed by atoms with Crippen molar-refractivity contribution in [3.05, 3.63) is 32.6 Å². The molecular weight excluding hydrogens is 324 g/mol. The number of aromatic amines is 1. The van der Waals surface area contributed by atoms with Crippen LogP contribution < -0.4 is 11.2 Å². The Balaban J connectivity index is 1.58. The fourth-order valence-electron chi connectivity index (χ4n) is 3.59. The van der Waals surface area contributed by atoms with Crippen LogP contribution >= 0.6 is 0 Å². The summed E-state index contributed by atoms with van der Waals surface area (Å²) in [5.74, 6) is 0.207. The number of hydrogen-bond acceptors (Lipinski definition) is 5. The van der Waals surface area contributed by atoms with Gasteiger partial charge in [-0.2, -0.15) is 0 Å². The maximum absolute atomic E-state index is 12.7. The molecule has 8 heteroatoms. The zero-order valence-electron chi connectivity index (χ0n) is 14.7. The largest absolute Gasteiger partial charge is 0.378 e. The van der Waals surface area contributed by atoms with E-state index in [0.29, 0.717) is 51.6 Å². The molecule has 2 aliphatic heterocycles. The summed E-state index contributed by atoms with van der Waals surface area (Å²) in [4.78, 5) is 43.3. The number of nitrogens with one attached hydrogen (secondary N) is 1. The summed E-state index contributed by atoms with van der Waals surface area (Å²) in [5.41, 5.74) is -0.0810. The van der Waals surface area contributed by atoms with E-state index in [9.17, 15) is 14.4 Å². The van der Waals surface area contributed by atoms with Crippen LogP contribution in [0.2, 0.25) is 0 Å². The highest BCUT2D eigenvalue weighted by Crippen LogP contribution is 2.19. The molecule has 8 nitrogen and oxygen atoms in total. The van der Waals surface area contributed by atoms with Gasteiger partial charge in [0.1, 0.15) is 0 Å². The van der Waals surface area contributed by atoms with Crippen LogP contribution in [-0.2, 0) is 16.1 Å². The van der Waals surface area contributed by atoms with E-state index in [0.717, 1.165) is 19.4 Å². The number of amides is 1. The van der Waals surface area contributed by atoms with E-state index < -0.39 is 0 Å². The van der Waals surface area contributed by atoms with Crippen LogP contribution in [0.4, 0.5) is 0 Å². The number of ether oxygens (including phenoxy) is 1. The third-order valence-corrected chi connectivity index (χ3v) is 4.97. The number of nitrogens with zero attached hydrogens (tertiary/aromatic N) is 3. The van der Waals surface area contributed by atoms with Crippen LogP contribution in [0.5, 0.6) is 0 Å². The molecule has 0 aromatic carbocycles. The average molecular weight is 350 g/mol. The summed E-state index contributed by atoms with van der Waals surface area (Å²) in [6, 6.07) is 1.43. The van der Waals surface area contributed by atoms with Crippen molar-refractivity contribution in [3.63, 3.8) is 0 Å². The molecule has 1 atom stereocenters. The van der Waals surface area contributed by atoms with Crippen molar-refractivity contribution in [2.75, 3.05) is 45.9 Å². The molecule has 3 rings (SSSR count). The first-order valence-electron chi connectivity index (χ1n) is 8.94. The predicted octanol–water partition coefficient (Wildman–Crippen LogP) is -0.584. The molecule has 2 saturated heterocycles. The summed E-state index contributed by atoms with van der Waals surface area (Å²) in [7, 11) is 0. The number of rotatable bonds is 4. The van der Waals surface area contributed by atoms with Gasteiger partial charge >= 0.3 is 5.69 Å². The molecule has 1 aromatic heterocycles. The quantitative estimate of drug-likeness (QED) is 0.785. The first-order chi connectivity index (χ1) is 12.0. The highest BCUT2D eigenvalue weighted by Gasteiger charge is 2.29. The van der Waals surface area contributed by atoms with Crippen LogP contribution in [0, 0.1) is 12.8 Å². The van der Waals surface area contributed by atoms with E-state index in [1.54, 1.807) is 6.92 Å². The monoisotopic (exact) mass is 350 g/mol. The maximum atomic E-state index is 12.7. The zero-order chi connectivity index (χ0) is 17.8. The smallest absolute Gasteiger partial charge is 0.328 e. The maximum Gasteiger partial charge on any atom is 0.328 e. The van der Waals surface area contributed by atoms with Crippen LogP contribution in [0.3, 0.4) is 0 Å². The van der Waals surface area contributed by atoms with Gasteiger partial charge in [-0.3, -0.25) is 14.2 Å². The SMILES string of the molecule is Cc1cc(=O)n(CCN2CCCC(C(=O)N3CCOCC3)C2)c(=O)[nH]1. The topological polar surface area (TPSA) is 87.6 Å². The minimum Gasteiger partial charge on any atom is -0.378 e. The molecular formula is C17H26N4O4. The lowest BCUT2D eigenvalue weighted by Gasteiger charge is -2.36. The number of hydrogen-bond donors (Lipinski definition) is 1. The minimum absolute atomic E-state index is 0.000117. The first-order valence-corrected chi connectivity index (χ1v) is 8.94. The van der Waals surface area contributed by atoms with Gasteiger partial charge in [-0.05, 0) is 26.3 Å². The molecule has 2 aliphatic rings. The van der Waals surface area contributed by atoms with E-state index in [4.69, 9.17) is 4.74 Å². The number of aromatic nitrogens is 2. The Labute approximate surface area is 146 Å². The molecule has 1 unspecified atom stereocenters. The van der Waals surface area contributed by atoms with Crippen molar-refractivity contribution in [3.8, 4) is 0 Å². The molecule has 0 saturated carbocycles. The number of H-pyrrole nitrogens is 1. The molecule has 2 fully saturated rings. The second kappa shape index (κ2) is 7.97. The third-order valence-electron chi connectivity index (χ3n) is 4.97. The molecule has 0 aliphatic carbocycles. The van der Waals surface area contributed by atoms with E-state index >= 15 is 0 Å². The van der Waals surface area contributed by atoms with Gasteiger partial charge in [0.05, 0.1) is 19.1 Å². The van der Waals surface area contributed by atoms with Crippen molar-refractivity contribution in [2.45, 2.75) is 26.3 Å². The summed E-state index contributed by atoms with van der Waals surface area (Å²) in [6.07, 6.45) is 1.86. The fourth-order valence-corrected chi connectivity index (χ4v) is 3.59. The summed E-state index contributed by atoms with van der Waals surface area (Å²) in [6.45, 7) is 6.78. The molecule has 138 valence electrons. The molecule has 1 N–H and O–H groups in total. The highest BCUT2D eigenvalue weighted by molar-refractivity contribution is 5.79. The van der Waals surface area contributed by atoms with Crippen molar-refractivity contribution in [2.24, 2.45) is 5.92 Å². The average Bonchev–Trinajstić information content (AvgIpc) is 2.61. The van der Waals surface area contributed by atoms with E-state index in [1.165, 1.54) is 10.6 Å². The van der Waals surface area contributed by atoms with Gasteiger partial charge in [-0.15, -0.1) is 0 Å². The Morgan fingerprint density at radius 1 is 1.24 bits per heavy atom. The molecule has 1 amide bonds. The van der Waals surface area contributed by atoms with Crippen molar-refractivity contribution in [1.82, 2.24) is 19.4 Å². The molecule has 1 aromatic rings. The van der Waals surface area contributed by atoms with Gasteiger partial charge in [0.15, 0.2) is 0 Å². The summed E-state index contributed by atoms with van der Waals surface area (Å²) < 4.78 is 6.53. The molecule has 25 heavy (non-hydrogen) atoms. The highest BCUT2D eigenvalue weighted by atomic mass is 16.5. The first kappa shape index (κ1) is 17.9. The molecule has 3 heterocycles. The normalized spacial score (nSPS) is 22.1. The summed E-state index contributed by atoms with van der Waals surface area (Å²) >= 11 is 0. The standard InChI is InChI=1S/C17H26N4O4/c1-13-11-15(22)21(17(24)18-13)6-5-19-4-2-3-14(12-19)16(23)20-7-9-25-10-8-20/h11,14H,2-10,12H2,1H3,(H,18,24). The van der Waals surface area contributed by atoms with Crippen LogP contribution in [0.25, 0.3) is 0 Å². The number of carbonyl (C=O) groups excluding carboxylic acids is 1. The fraction of sp³-hybridized carbons (Fsp3) is 0.706. The Hall–Kier alpha value is -1.93. The van der Waals surface area contributed by atoms with Crippen LogP contribution in [-0.4, -0.2) is 71.2 Å². The van der Waals surface area contributed by atoms with Crippen LogP contribution in [0.15, 0.2) is 15.7 Å². The zero-order valence-corrected chi connectivity index (χ0v) is 14.7. The third kappa shape index (κ3) is 4.38. The van der Waals surface area contributed by atoms with Gasteiger partial charge in [-0.25, -0.2) is 4.79 Å². The lowest BCUT2D eigenvalue weighted by atomic mass is 9.96. The second-order valence-corrected chi connectivity index (χ2v) is 6.82. The Morgan fingerprint density at radius 2 is 2.00 bits per heavy atom. The van der Waals surface area contributed by atoms with Crippen molar-refractivity contribution in [1.29, 1.82) is 0 Å². The molecule has 0 radical (unpaired) electrons. The molecule has 0 spiro atoms. The van der Waals surface area contributed by atoms with Crippen molar-refractivity contribution < 1.29 is 9.53 Å². The van der Waals surface area contributed by atoms with Gasteiger partial charge < -0.3 is 19.5 Å². The number of piperidine rings is 1. The number of morpholine rings is 1. The molecule has 0 bridgehead atoms. The van der Waals surface area contributed by atoms with Gasteiger partial charge in [0, 0.05) is 44.5 Å². The second-order valence-electron chi connectivity index (χ2n) is 6.82. The van der Waals surface area contributed by atoms with E-state index in [2.05, 4.69) is 9.88 Å². The number of aryl methyl sites for hydroxylation is 1.